The van der Waals surface area contributed by atoms with Crippen LogP contribution in [0.4, 0.5) is 5.69 Å². The first-order chi connectivity index (χ1) is 16.9. The summed E-state index contributed by atoms with van der Waals surface area (Å²) in [5.41, 5.74) is 6.83. The summed E-state index contributed by atoms with van der Waals surface area (Å²) in [6, 6.07) is 28.0. The molecule has 0 fully saturated rings. The van der Waals surface area contributed by atoms with E-state index in [1.807, 2.05) is 17.4 Å². The lowest BCUT2D eigenvalue weighted by molar-refractivity contribution is -0.642. The Morgan fingerprint density at radius 1 is 1.06 bits per heavy atom. The van der Waals surface area contributed by atoms with E-state index in [1.54, 1.807) is 0 Å². The highest BCUT2D eigenvalue weighted by Gasteiger charge is 2.44. The van der Waals surface area contributed by atoms with Crippen molar-refractivity contribution in [3.8, 4) is 6.07 Å². The van der Waals surface area contributed by atoms with Crippen molar-refractivity contribution in [2.45, 2.75) is 39.0 Å². The van der Waals surface area contributed by atoms with Gasteiger partial charge in [0.15, 0.2) is 0 Å². The summed E-state index contributed by atoms with van der Waals surface area (Å²) in [6.45, 7) is 7.89. The largest absolute Gasteiger partial charge is 0.344 e. The Hall–Kier alpha value is -3.42. The first-order valence-electron chi connectivity index (χ1n) is 12.4. The van der Waals surface area contributed by atoms with Gasteiger partial charge in [0, 0.05) is 35.5 Å². The minimum atomic E-state index is -0.246. The van der Waals surface area contributed by atoms with Crippen LogP contribution in [0.5, 0.6) is 0 Å². The molecule has 0 saturated heterocycles. The Labute approximate surface area is 212 Å². The first-order valence-corrected chi connectivity index (χ1v) is 13.2. The molecule has 4 heteroatoms. The molecule has 3 aromatic carbocycles. The number of para-hydroxylation sites is 1. The van der Waals surface area contributed by atoms with E-state index in [0.717, 1.165) is 24.9 Å². The molecular weight excluding hydrogens is 446 g/mol. The molecular formula is C31H32N3S+. The number of nitrogens with zero attached hydrogens (tertiary/aromatic N) is 3. The van der Waals surface area contributed by atoms with Crippen molar-refractivity contribution < 1.29 is 4.57 Å². The fourth-order valence-corrected chi connectivity index (χ4v) is 6.35. The predicted molar refractivity (Wildman–Crippen MR) is 146 cm³/mol. The highest BCUT2D eigenvalue weighted by molar-refractivity contribution is 7.18. The molecule has 176 valence electrons. The zero-order valence-corrected chi connectivity index (χ0v) is 21.8. The van der Waals surface area contributed by atoms with E-state index < -0.39 is 0 Å². The van der Waals surface area contributed by atoms with Gasteiger partial charge in [-0.05, 0) is 61.1 Å². The summed E-state index contributed by atoms with van der Waals surface area (Å²) < 4.78 is 3.60. The van der Waals surface area contributed by atoms with Crippen LogP contribution in [0, 0.1) is 17.2 Å². The van der Waals surface area contributed by atoms with Gasteiger partial charge in [0.05, 0.1) is 11.6 Å². The maximum absolute atomic E-state index is 9.71. The Kier molecular flexibility index (Phi) is 6.21. The van der Waals surface area contributed by atoms with Crippen molar-refractivity contribution in [2.24, 2.45) is 13.0 Å². The molecule has 5 rings (SSSR count). The third-order valence-corrected chi connectivity index (χ3v) is 8.40. The number of hydrogen-bond acceptors (Lipinski definition) is 3. The zero-order chi connectivity index (χ0) is 24.6. The van der Waals surface area contributed by atoms with Gasteiger partial charge in [-0.2, -0.15) is 9.83 Å². The van der Waals surface area contributed by atoms with E-state index in [4.69, 9.17) is 0 Å². The Morgan fingerprint density at radius 3 is 2.51 bits per heavy atom. The minimum Gasteiger partial charge on any atom is -0.344 e. The molecule has 0 bridgehead atoms. The highest BCUT2D eigenvalue weighted by atomic mass is 32.1. The number of rotatable bonds is 6. The van der Waals surface area contributed by atoms with E-state index in [0.29, 0.717) is 5.92 Å². The predicted octanol–water partition coefficient (Wildman–Crippen LogP) is 7.01. The van der Waals surface area contributed by atoms with Crippen molar-refractivity contribution in [1.29, 1.82) is 5.26 Å². The number of benzene rings is 3. The van der Waals surface area contributed by atoms with Crippen molar-refractivity contribution in [2.75, 3.05) is 11.4 Å². The molecule has 1 aliphatic heterocycles. The lowest BCUT2D eigenvalue weighted by atomic mass is 9.76. The summed E-state index contributed by atoms with van der Waals surface area (Å²) in [6.07, 6.45) is 4.39. The molecule has 0 spiro atoms. The molecule has 2 heterocycles. The normalized spacial score (nSPS) is 18.4. The zero-order valence-electron chi connectivity index (χ0n) is 21.0. The molecule has 1 unspecified atom stereocenters. The van der Waals surface area contributed by atoms with E-state index in [-0.39, 0.29) is 5.41 Å². The highest BCUT2D eigenvalue weighted by Crippen LogP contribution is 2.51. The summed E-state index contributed by atoms with van der Waals surface area (Å²) in [5, 5.41) is 10.9. The molecule has 0 radical (unpaired) electrons. The van der Waals surface area contributed by atoms with Crippen LogP contribution in [-0.2, 0) is 18.9 Å². The second kappa shape index (κ2) is 9.32. The molecule has 1 atom stereocenters. The van der Waals surface area contributed by atoms with Gasteiger partial charge in [0.25, 0.3) is 5.01 Å². The van der Waals surface area contributed by atoms with Gasteiger partial charge in [-0.15, -0.1) is 0 Å². The van der Waals surface area contributed by atoms with Crippen molar-refractivity contribution in [3.63, 3.8) is 0 Å². The lowest BCUT2D eigenvalue weighted by Crippen LogP contribution is -2.34. The average molecular weight is 479 g/mol. The molecule has 1 aromatic heterocycles. The van der Waals surface area contributed by atoms with Gasteiger partial charge in [-0.3, -0.25) is 0 Å². The standard InChI is InChI=1S/C31H32N3S/c1-22(2)16-17-34-26-15-14-24(21-32)18-25(26)31(3,20-23-10-6-5-7-11-23)29(34)19-30-33(4)27-12-8-9-13-28(27)35-30/h5-15,18-19,22H,16-17,20H2,1-4H3/q+1. The molecule has 0 N–H and O–H groups in total. The maximum atomic E-state index is 9.71. The first kappa shape index (κ1) is 23.3. The molecule has 4 aromatic rings. The second-order valence-electron chi connectivity index (χ2n) is 10.2. The molecule has 0 amide bonds. The fourth-order valence-electron chi connectivity index (χ4n) is 5.27. The topological polar surface area (TPSA) is 30.9 Å². The van der Waals surface area contributed by atoms with Gasteiger partial charge in [0.1, 0.15) is 11.7 Å². The third-order valence-electron chi connectivity index (χ3n) is 7.23. The van der Waals surface area contributed by atoms with Crippen LogP contribution in [0.2, 0.25) is 0 Å². The number of hydrogen-bond donors (Lipinski definition) is 0. The SMILES string of the molecule is CC(C)CCN1C(=Cc2sc3ccccc3[n+]2C)C(C)(Cc2ccccc2)c2cc(C#N)ccc21. The van der Waals surface area contributed by atoms with Crippen molar-refractivity contribution in [1.82, 2.24) is 0 Å². The van der Waals surface area contributed by atoms with Crippen molar-refractivity contribution in [3.05, 3.63) is 100 Å². The number of thiazole rings is 1. The van der Waals surface area contributed by atoms with Crippen LogP contribution in [0.1, 0.15) is 48.9 Å². The second-order valence-corrected chi connectivity index (χ2v) is 11.2. The van der Waals surface area contributed by atoms with E-state index >= 15 is 0 Å². The van der Waals surface area contributed by atoms with Gasteiger partial charge >= 0.3 is 0 Å². The van der Waals surface area contributed by atoms with Crippen LogP contribution in [0.25, 0.3) is 16.3 Å². The summed E-state index contributed by atoms with van der Waals surface area (Å²) in [5.74, 6) is 0.611. The van der Waals surface area contributed by atoms with E-state index in [2.05, 4.69) is 116 Å². The van der Waals surface area contributed by atoms with E-state index in [9.17, 15) is 5.26 Å². The van der Waals surface area contributed by atoms with Gasteiger partial charge in [-0.25, -0.2) is 0 Å². The molecule has 3 nitrogen and oxygen atoms in total. The molecule has 0 saturated carbocycles. The Bertz CT molecular complexity index is 1440. The van der Waals surface area contributed by atoms with Crippen LogP contribution in [0.15, 0.2) is 78.5 Å². The van der Waals surface area contributed by atoms with Crippen LogP contribution < -0.4 is 9.47 Å². The average Bonchev–Trinajstić information content (AvgIpc) is 3.30. The lowest BCUT2D eigenvalue weighted by Gasteiger charge is -2.30. The van der Waals surface area contributed by atoms with Gasteiger partial charge in [0.2, 0.25) is 5.52 Å². The molecule has 0 aliphatic carbocycles. The quantitative estimate of drug-likeness (QED) is 0.279. The van der Waals surface area contributed by atoms with Crippen LogP contribution >= 0.6 is 11.3 Å². The number of anilines is 1. The maximum Gasteiger partial charge on any atom is 0.264 e. The number of fused-ring (bicyclic) bond motifs is 2. The summed E-state index contributed by atoms with van der Waals surface area (Å²) in [4.78, 5) is 2.52. The molecule has 35 heavy (non-hydrogen) atoms. The van der Waals surface area contributed by atoms with E-state index in [1.165, 1.54) is 37.7 Å². The number of aryl methyl sites for hydroxylation is 1. The van der Waals surface area contributed by atoms with Crippen LogP contribution in [-0.4, -0.2) is 6.54 Å². The fraction of sp³-hybridized carbons (Fsp3) is 0.290. The Morgan fingerprint density at radius 2 is 1.80 bits per heavy atom. The number of allylic oxidation sites excluding steroid dienone is 1. The van der Waals surface area contributed by atoms with Gasteiger partial charge < -0.3 is 4.90 Å². The van der Waals surface area contributed by atoms with Crippen molar-refractivity contribution >= 4 is 33.3 Å². The molecule has 1 aliphatic rings. The monoisotopic (exact) mass is 478 g/mol. The number of nitriles is 1. The summed E-state index contributed by atoms with van der Waals surface area (Å²) in [7, 11) is 2.16. The minimum absolute atomic E-state index is 0.246. The summed E-state index contributed by atoms with van der Waals surface area (Å²) >= 11 is 1.84. The third kappa shape index (κ3) is 4.26. The van der Waals surface area contributed by atoms with Crippen LogP contribution in [0.3, 0.4) is 0 Å². The number of aromatic nitrogens is 1. The Balaban J connectivity index is 1.72. The smallest absolute Gasteiger partial charge is 0.264 e. The van der Waals surface area contributed by atoms with Gasteiger partial charge in [-0.1, -0.05) is 67.6 Å².